The summed E-state index contributed by atoms with van der Waals surface area (Å²) in [5.41, 5.74) is 2.03. The lowest BCUT2D eigenvalue weighted by atomic mass is 10.1. The van der Waals surface area contributed by atoms with Gasteiger partial charge in [0.15, 0.2) is 0 Å². The fraction of sp³-hybridized carbons (Fsp3) is 0.0833. The summed E-state index contributed by atoms with van der Waals surface area (Å²) in [6.07, 6.45) is 7.29. The zero-order valence-corrected chi connectivity index (χ0v) is 10.2. The second-order valence-electron chi connectivity index (χ2n) is 3.45. The Morgan fingerprint density at radius 3 is 2.81 bits per heavy atom. The summed E-state index contributed by atoms with van der Waals surface area (Å²) in [5.74, 6) is 0. The summed E-state index contributed by atoms with van der Waals surface area (Å²) in [7, 11) is 0. The Hall–Kier alpha value is -1.25. The molecule has 4 heteroatoms. The van der Waals surface area contributed by atoms with E-state index in [0.717, 1.165) is 11.1 Å². The number of imidazole rings is 1. The standard InChI is InChI=1S/C12H10Cl2N2/c1-9(7-16-5-4-15-8-16)11-3-2-10(13)6-12(11)14/h2-8H,1H3/b9-7+. The molecule has 0 aliphatic carbocycles. The number of rotatable bonds is 2. The molecule has 0 aliphatic rings. The van der Waals surface area contributed by atoms with Crippen LogP contribution in [0.25, 0.3) is 11.8 Å². The molecule has 0 saturated heterocycles. The van der Waals surface area contributed by atoms with Crippen molar-refractivity contribution in [2.24, 2.45) is 0 Å². The summed E-state index contributed by atoms with van der Waals surface area (Å²) < 4.78 is 1.88. The molecule has 0 spiro atoms. The number of hydrogen-bond donors (Lipinski definition) is 0. The van der Waals surface area contributed by atoms with Gasteiger partial charge in [-0.1, -0.05) is 29.3 Å². The maximum absolute atomic E-state index is 6.11. The van der Waals surface area contributed by atoms with Crippen molar-refractivity contribution in [1.29, 1.82) is 0 Å². The minimum atomic E-state index is 0.643. The van der Waals surface area contributed by atoms with Crippen LogP contribution in [-0.2, 0) is 0 Å². The van der Waals surface area contributed by atoms with Crippen LogP contribution in [0.5, 0.6) is 0 Å². The quantitative estimate of drug-likeness (QED) is 0.783. The highest BCUT2D eigenvalue weighted by atomic mass is 35.5. The molecule has 2 nitrogen and oxygen atoms in total. The first-order valence-electron chi connectivity index (χ1n) is 4.78. The molecule has 0 amide bonds. The van der Waals surface area contributed by atoms with E-state index in [1.807, 2.05) is 36.0 Å². The summed E-state index contributed by atoms with van der Waals surface area (Å²) >= 11 is 12.0. The molecule has 2 rings (SSSR count). The predicted molar refractivity (Wildman–Crippen MR) is 68.5 cm³/mol. The van der Waals surface area contributed by atoms with Crippen molar-refractivity contribution in [1.82, 2.24) is 9.55 Å². The van der Waals surface area contributed by atoms with Crippen LogP contribution in [0.15, 0.2) is 36.9 Å². The minimum absolute atomic E-state index is 0.643. The molecule has 16 heavy (non-hydrogen) atoms. The molecule has 0 atom stereocenters. The van der Waals surface area contributed by atoms with Gasteiger partial charge in [0.05, 0.1) is 6.33 Å². The molecule has 0 N–H and O–H groups in total. The zero-order chi connectivity index (χ0) is 11.5. The maximum Gasteiger partial charge on any atom is 0.0986 e. The Morgan fingerprint density at radius 2 is 2.19 bits per heavy atom. The first-order chi connectivity index (χ1) is 7.66. The van der Waals surface area contributed by atoms with Crippen LogP contribution in [0, 0.1) is 0 Å². The molecule has 0 aliphatic heterocycles. The number of hydrogen-bond acceptors (Lipinski definition) is 1. The molecule has 1 aromatic carbocycles. The van der Waals surface area contributed by atoms with Crippen molar-refractivity contribution in [2.75, 3.05) is 0 Å². The monoisotopic (exact) mass is 252 g/mol. The molecular formula is C12H10Cl2N2. The Kier molecular flexibility index (Phi) is 3.32. The summed E-state index contributed by atoms with van der Waals surface area (Å²) in [5, 5.41) is 1.30. The van der Waals surface area contributed by atoms with E-state index in [2.05, 4.69) is 4.98 Å². The molecule has 2 aromatic rings. The first kappa shape index (κ1) is 11.2. The molecule has 0 fully saturated rings. The molecular weight excluding hydrogens is 243 g/mol. The molecule has 0 saturated carbocycles. The third-order valence-electron chi connectivity index (χ3n) is 2.22. The number of benzene rings is 1. The van der Waals surface area contributed by atoms with Crippen LogP contribution in [0.4, 0.5) is 0 Å². The highest BCUT2D eigenvalue weighted by molar-refractivity contribution is 6.35. The number of halogens is 2. The average molecular weight is 253 g/mol. The largest absolute Gasteiger partial charge is 0.313 e. The first-order valence-corrected chi connectivity index (χ1v) is 5.53. The van der Waals surface area contributed by atoms with Crippen LogP contribution in [0.1, 0.15) is 12.5 Å². The number of aromatic nitrogens is 2. The van der Waals surface area contributed by atoms with E-state index in [-0.39, 0.29) is 0 Å². The van der Waals surface area contributed by atoms with Crippen LogP contribution in [0.2, 0.25) is 10.0 Å². The summed E-state index contributed by atoms with van der Waals surface area (Å²) in [4.78, 5) is 3.97. The van der Waals surface area contributed by atoms with Gasteiger partial charge in [-0.05, 0) is 30.2 Å². The van der Waals surface area contributed by atoms with Crippen molar-refractivity contribution in [3.63, 3.8) is 0 Å². The zero-order valence-electron chi connectivity index (χ0n) is 8.69. The van der Waals surface area contributed by atoms with Gasteiger partial charge in [0.1, 0.15) is 0 Å². The van der Waals surface area contributed by atoms with Crippen LogP contribution < -0.4 is 0 Å². The van der Waals surface area contributed by atoms with Gasteiger partial charge in [-0.3, -0.25) is 0 Å². The van der Waals surface area contributed by atoms with Crippen molar-refractivity contribution in [3.8, 4) is 0 Å². The van der Waals surface area contributed by atoms with E-state index in [0.29, 0.717) is 10.0 Å². The van der Waals surface area contributed by atoms with E-state index in [9.17, 15) is 0 Å². The van der Waals surface area contributed by atoms with Gasteiger partial charge < -0.3 is 4.57 Å². The Balaban J connectivity index is 2.37. The Morgan fingerprint density at radius 1 is 1.38 bits per heavy atom. The summed E-state index contributed by atoms with van der Waals surface area (Å²) in [6, 6.07) is 5.48. The van der Waals surface area contributed by atoms with Crippen LogP contribution in [0.3, 0.4) is 0 Å². The van der Waals surface area contributed by atoms with E-state index in [1.165, 1.54) is 0 Å². The molecule has 1 heterocycles. The van der Waals surface area contributed by atoms with Crippen molar-refractivity contribution in [3.05, 3.63) is 52.5 Å². The lowest BCUT2D eigenvalue weighted by Gasteiger charge is -2.05. The highest BCUT2D eigenvalue weighted by Gasteiger charge is 2.03. The average Bonchev–Trinajstić information content (AvgIpc) is 2.70. The SMILES string of the molecule is C/C(=C\n1ccnc1)c1ccc(Cl)cc1Cl. The molecule has 0 radical (unpaired) electrons. The second-order valence-corrected chi connectivity index (χ2v) is 4.29. The van der Waals surface area contributed by atoms with Gasteiger partial charge in [0, 0.05) is 28.6 Å². The van der Waals surface area contributed by atoms with Crippen molar-refractivity contribution < 1.29 is 0 Å². The van der Waals surface area contributed by atoms with E-state index in [4.69, 9.17) is 23.2 Å². The van der Waals surface area contributed by atoms with Gasteiger partial charge in [-0.15, -0.1) is 0 Å². The summed E-state index contributed by atoms with van der Waals surface area (Å²) in [6.45, 7) is 2.00. The molecule has 1 aromatic heterocycles. The molecule has 82 valence electrons. The smallest absolute Gasteiger partial charge is 0.0986 e. The van der Waals surface area contributed by atoms with Crippen molar-refractivity contribution in [2.45, 2.75) is 6.92 Å². The minimum Gasteiger partial charge on any atom is -0.313 e. The van der Waals surface area contributed by atoms with Gasteiger partial charge in [-0.2, -0.15) is 0 Å². The van der Waals surface area contributed by atoms with E-state index in [1.54, 1.807) is 18.6 Å². The van der Waals surface area contributed by atoms with Gasteiger partial charge in [0.25, 0.3) is 0 Å². The fourth-order valence-electron chi connectivity index (χ4n) is 1.45. The third kappa shape index (κ3) is 2.46. The molecule has 0 unspecified atom stereocenters. The molecule has 0 bridgehead atoms. The van der Waals surface area contributed by atoms with E-state index < -0.39 is 0 Å². The van der Waals surface area contributed by atoms with E-state index >= 15 is 0 Å². The van der Waals surface area contributed by atoms with Crippen LogP contribution in [-0.4, -0.2) is 9.55 Å². The Bertz CT molecular complexity index is 516. The second kappa shape index (κ2) is 4.73. The predicted octanol–water partition coefficient (Wildman–Crippen LogP) is 4.21. The van der Waals surface area contributed by atoms with Gasteiger partial charge in [-0.25, -0.2) is 4.98 Å². The van der Waals surface area contributed by atoms with Crippen LogP contribution >= 0.6 is 23.2 Å². The lowest BCUT2D eigenvalue weighted by molar-refractivity contribution is 1.14. The van der Waals surface area contributed by atoms with Gasteiger partial charge in [0.2, 0.25) is 0 Å². The normalized spacial score (nSPS) is 11.8. The maximum atomic E-state index is 6.11. The van der Waals surface area contributed by atoms with Crippen molar-refractivity contribution >= 4 is 35.0 Å². The lowest BCUT2D eigenvalue weighted by Crippen LogP contribution is -1.86. The fourth-order valence-corrected chi connectivity index (χ4v) is 2.01. The number of nitrogens with zero attached hydrogens (tertiary/aromatic N) is 2. The third-order valence-corrected chi connectivity index (χ3v) is 2.77. The number of allylic oxidation sites excluding steroid dienone is 1. The topological polar surface area (TPSA) is 17.8 Å². The highest BCUT2D eigenvalue weighted by Crippen LogP contribution is 2.27. The Labute approximate surface area is 104 Å². The van der Waals surface area contributed by atoms with Gasteiger partial charge >= 0.3 is 0 Å².